The molecule has 0 aliphatic carbocycles. The Balaban J connectivity index is 1.84. The molecule has 0 amide bonds. The van der Waals surface area contributed by atoms with Gasteiger partial charge in [0.1, 0.15) is 11.8 Å². The zero-order valence-corrected chi connectivity index (χ0v) is 16.0. The third-order valence-electron chi connectivity index (χ3n) is 4.73. The van der Waals surface area contributed by atoms with E-state index in [1.54, 1.807) is 4.90 Å². The lowest BCUT2D eigenvalue weighted by molar-refractivity contribution is -0.138. The van der Waals surface area contributed by atoms with Crippen molar-refractivity contribution in [3.05, 3.63) is 29.7 Å². The summed E-state index contributed by atoms with van der Waals surface area (Å²) in [6.45, 7) is 0.530. The van der Waals surface area contributed by atoms with E-state index in [-0.39, 0.29) is 42.2 Å². The van der Waals surface area contributed by atoms with Crippen LogP contribution in [-0.2, 0) is 6.18 Å². The number of aliphatic hydroxyl groups is 1. The molecule has 2 aromatic rings. The molecule has 1 fully saturated rings. The summed E-state index contributed by atoms with van der Waals surface area (Å²) in [6.07, 6.45) is -2.40. The van der Waals surface area contributed by atoms with Crippen LogP contribution in [0.15, 0.2) is 27.9 Å². The number of likely N-dealkylation sites (tertiary alicyclic amines) is 1. The summed E-state index contributed by atoms with van der Waals surface area (Å²) in [5.41, 5.74) is 4.82. The van der Waals surface area contributed by atoms with Gasteiger partial charge in [0.25, 0.3) is 0 Å². The number of nitrogens with two attached hydrogens (primary N) is 1. The average Bonchev–Trinajstić information content (AvgIpc) is 3.39. The van der Waals surface area contributed by atoms with Crippen LogP contribution in [0.1, 0.15) is 43.2 Å². The van der Waals surface area contributed by atoms with Gasteiger partial charge in [0.05, 0.1) is 12.2 Å². The number of rotatable bonds is 7. The highest BCUT2D eigenvalue weighted by atomic mass is 19.4. The minimum Gasteiger partial charge on any atom is -0.493 e. The molecule has 0 radical (unpaired) electrons. The standard InChI is InChI=1S/C18H22F3N5O4/c19-18(20,21)12-10-11(5-6-14(12)29-9-2-1-8-27)15-23-16(30-25-15)13-4-3-7-26(13)17(22)24-28/h5-6,10,13,27-28H,1-4,7-9H2,(H2,22,24)/t13-/m0/s1. The summed E-state index contributed by atoms with van der Waals surface area (Å²) in [7, 11) is 0. The van der Waals surface area contributed by atoms with Gasteiger partial charge >= 0.3 is 6.18 Å². The highest BCUT2D eigenvalue weighted by molar-refractivity contribution is 5.78. The Labute approximate surface area is 169 Å². The van der Waals surface area contributed by atoms with Gasteiger partial charge in [0.2, 0.25) is 17.7 Å². The monoisotopic (exact) mass is 429 g/mol. The molecule has 1 saturated heterocycles. The topological polar surface area (TPSA) is 130 Å². The molecule has 164 valence electrons. The summed E-state index contributed by atoms with van der Waals surface area (Å²) in [6, 6.07) is 3.12. The largest absolute Gasteiger partial charge is 0.493 e. The molecule has 1 aliphatic heterocycles. The molecule has 30 heavy (non-hydrogen) atoms. The fourth-order valence-electron chi connectivity index (χ4n) is 3.26. The van der Waals surface area contributed by atoms with Crippen molar-refractivity contribution >= 4 is 5.96 Å². The van der Waals surface area contributed by atoms with Crippen molar-refractivity contribution in [2.75, 3.05) is 19.8 Å². The number of benzene rings is 1. The molecule has 3 rings (SSSR count). The van der Waals surface area contributed by atoms with Crippen molar-refractivity contribution < 1.29 is 32.7 Å². The lowest BCUT2D eigenvalue weighted by atomic mass is 10.1. The number of hydrogen-bond donors (Lipinski definition) is 3. The van der Waals surface area contributed by atoms with E-state index in [1.165, 1.54) is 12.1 Å². The van der Waals surface area contributed by atoms with E-state index in [9.17, 15) is 13.2 Å². The number of guanidine groups is 1. The van der Waals surface area contributed by atoms with E-state index in [2.05, 4.69) is 15.3 Å². The van der Waals surface area contributed by atoms with Crippen LogP contribution in [0.3, 0.4) is 0 Å². The summed E-state index contributed by atoms with van der Waals surface area (Å²) >= 11 is 0. The minimum atomic E-state index is -4.64. The SMILES string of the molecule is N/C(=N\O)N1CCC[C@H]1c1nc(-c2ccc(OCCCCO)c(C(F)(F)F)c2)no1. The molecular weight excluding hydrogens is 407 g/mol. The van der Waals surface area contributed by atoms with Crippen LogP contribution >= 0.6 is 0 Å². The number of aromatic nitrogens is 2. The molecule has 12 heteroatoms. The predicted octanol–water partition coefficient (Wildman–Crippen LogP) is 2.75. The molecule has 1 atom stereocenters. The Kier molecular flexibility index (Phi) is 6.65. The summed E-state index contributed by atoms with van der Waals surface area (Å²) in [4.78, 5) is 5.81. The number of ether oxygens (including phenoxy) is 1. The molecule has 9 nitrogen and oxygen atoms in total. The van der Waals surface area contributed by atoms with Gasteiger partial charge in [-0.2, -0.15) is 18.2 Å². The zero-order valence-electron chi connectivity index (χ0n) is 16.0. The van der Waals surface area contributed by atoms with Gasteiger partial charge in [-0.3, -0.25) is 0 Å². The average molecular weight is 429 g/mol. The fraction of sp³-hybridized carbons (Fsp3) is 0.500. The number of oxime groups is 1. The second-order valence-electron chi connectivity index (χ2n) is 6.75. The third-order valence-corrected chi connectivity index (χ3v) is 4.73. The van der Waals surface area contributed by atoms with E-state index >= 15 is 0 Å². The minimum absolute atomic E-state index is 0.00584. The van der Waals surface area contributed by atoms with E-state index < -0.39 is 17.8 Å². The molecule has 2 heterocycles. The summed E-state index contributed by atoms with van der Waals surface area (Å²) < 4.78 is 51.0. The molecular formula is C18H22F3N5O4. The van der Waals surface area contributed by atoms with Crippen molar-refractivity contribution in [1.82, 2.24) is 15.0 Å². The Bertz CT molecular complexity index is 887. The zero-order chi connectivity index (χ0) is 21.7. The Hall–Kier alpha value is -3.02. The quantitative estimate of drug-likeness (QED) is 0.201. The van der Waals surface area contributed by atoms with Crippen LogP contribution in [0.25, 0.3) is 11.4 Å². The molecule has 1 aliphatic rings. The fourth-order valence-corrected chi connectivity index (χ4v) is 3.26. The summed E-state index contributed by atoms with van der Waals surface area (Å²) in [5.74, 6) is -0.234. The first-order chi connectivity index (χ1) is 14.3. The lowest BCUT2D eigenvalue weighted by Gasteiger charge is -2.21. The second kappa shape index (κ2) is 9.20. The molecule has 0 spiro atoms. The van der Waals surface area contributed by atoms with E-state index in [0.29, 0.717) is 25.8 Å². The first kappa shape index (κ1) is 21.7. The van der Waals surface area contributed by atoms with Gasteiger partial charge in [-0.05, 0) is 43.9 Å². The van der Waals surface area contributed by atoms with Gasteiger partial charge < -0.3 is 30.2 Å². The molecule has 0 saturated carbocycles. The second-order valence-corrected chi connectivity index (χ2v) is 6.75. The maximum absolute atomic E-state index is 13.5. The first-order valence-corrected chi connectivity index (χ1v) is 9.38. The molecule has 0 unspecified atom stereocenters. The number of alkyl halides is 3. The Morgan fingerprint density at radius 3 is 2.87 bits per heavy atom. The smallest absolute Gasteiger partial charge is 0.419 e. The molecule has 0 bridgehead atoms. The van der Waals surface area contributed by atoms with E-state index in [0.717, 1.165) is 12.5 Å². The Morgan fingerprint density at radius 1 is 1.37 bits per heavy atom. The molecule has 1 aromatic heterocycles. The number of aliphatic hydroxyl groups excluding tert-OH is 1. The Morgan fingerprint density at radius 2 is 2.17 bits per heavy atom. The van der Waals surface area contributed by atoms with Crippen molar-refractivity contribution in [3.8, 4) is 17.1 Å². The van der Waals surface area contributed by atoms with Crippen molar-refractivity contribution in [1.29, 1.82) is 0 Å². The number of hydrogen-bond acceptors (Lipinski definition) is 7. The van der Waals surface area contributed by atoms with Gasteiger partial charge in [0, 0.05) is 18.7 Å². The van der Waals surface area contributed by atoms with Crippen LogP contribution in [0.2, 0.25) is 0 Å². The van der Waals surface area contributed by atoms with Crippen molar-refractivity contribution in [2.45, 2.75) is 37.9 Å². The van der Waals surface area contributed by atoms with Crippen LogP contribution in [0.5, 0.6) is 5.75 Å². The van der Waals surface area contributed by atoms with Crippen molar-refractivity contribution in [2.24, 2.45) is 10.9 Å². The van der Waals surface area contributed by atoms with Gasteiger partial charge in [-0.15, -0.1) is 0 Å². The third kappa shape index (κ3) is 4.75. The van der Waals surface area contributed by atoms with Crippen LogP contribution in [-0.4, -0.2) is 51.1 Å². The van der Waals surface area contributed by atoms with Crippen LogP contribution in [0, 0.1) is 0 Å². The number of unbranched alkanes of at least 4 members (excludes halogenated alkanes) is 1. The van der Waals surface area contributed by atoms with E-state index in [1.807, 2.05) is 0 Å². The normalized spacial score (nSPS) is 17.5. The van der Waals surface area contributed by atoms with Crippen LogP contribution in [0.4, 0.5) is 13.2 Å². The maximum atomic E-state index is 13.5. The van der Waals surface area contributed by atoms with E-state index in [4.69, 9.17) is 25.3 Å². The highest BCUT2D eigenvalue weighted by Gasteiger charge is 2.36. The lowest BCUT2D eigenvalue weighted by Crippen LogP contribution is -2.36. The maximum Gasteiger partial charge on any atom is 0.419 e. The van der Waals surface area contributed by atoms with Gasteiger partial charge in [0.15, 0.2) is 0 Å². The number of halogens is 3. The highest BCUT2D eigenvalue weighted by Crippen LogP contribution is 2.39. The number of nitrogens with zero attached hydrogens (tertiary/aromatic N) is 4. The molecule has 1 aromatic carbocycles. The van der Waals surface area contributed by atoms with Gasteiger partial charge in [-0.1, -0.05) is 10.3 Å². The first-order valence-electron chi connectivity index (χ1n) is 9.38. The van der Waals surface area contributed by atoms with Crippen LogP contribution < -0.4 is 10.5 Å². The molecule has 4 N–H and O–H groups in total. The van der Waals surface area contributed by atoms with Gasteiger partial charge in [-0.25, -0.2) is 0 Å². The summed E-state index contributed by atoms with van der Waals surface area (Å²) in [5, 5.41) is 24.4. The van der Waals surface area contributed by atoms with Crippen molar-refractivity contribution in [3.63, 3.8) is 0 Å². The predicted molar refractivity (Wildman–Crippen MR) is 98.6 cm³/mol.